The molecule has 0 radical (unpaired) electrons. The molecule has 196 valence electrons. The van der Waals surface area contributed by atoms with Crippen molar-refractivity contribution in [2.75, 3.05) is 0 Å². The van der Waals surface area contributed by atoms with Gasteiger partial charge in [0, 0.05) is 44.9 Å². The lowest BCUT2D eigenvalue weighted by atomic mass is 9.55. The Bertz CT molecular complexity index is 930. The van der Waals surface area contributed by atoms with Crippen LogP contribution in [0.5, 0.6) is 0 Å². The molecule has 4 rings (SSSR count). The van der Waals surface area contributed by atoms with Gasteiger partial charge < -0.3 is 28.8 Å². The highest BCUT2D eigenvalue weighted by Crippen LogP contribution is 2.62. The number of hydrogen-bond acceptors (Lipinski definition) is 9. The molecule has 0 aromatic heterocycles. The molecule has 0 amide bonds. The van der Waals surface area contributed by atoms with E-state index in [0.717, 1.165) is 0 Å². The summed E-state index contributed by atoms with van der Waals surface area (Å²) in [4.78, 5) is 37.0. The average molecular weight is 495 g/mol. The predicted molar refractivity (Wildman–Crippen MR) is 123 cm³/mol. The van der Waals surface area contributed by atoms with E-state index in [2.05, 4.69) is 6.58 Å². The summed E-state index contributed by atoms with van der Waals surface area (Å²) in [5, 5.41) is 11.2. The summed E-state index contributed by atoms with van der Waals surface area (Å²) in [6.07, 6.45) is -1.64. The van der Waals surface area contributed by atoms with Crippen molar-refractivity contribution >= 4 is 17.9 Å². The summed E-state index contributed by atoms with van der Waals surface area (Å²) in [7, 11) is 0. The van der Waals surface area contributed by atoms with Gasteiger partial charge in [-0.25, -0.2) is 0 Å². The van der Waals surface area contributed by atoms with Crippen LogP contribution in [0, 0.1) is 23.7 Å². The minimum Gasteiger partial charge on any atom is -0.458 e. The highest BCUT2D eigenvalue weighted by Gasteiger charge is 2.73. The van der Waals surface area contributed by atoms with Crippen LogP contribution in [0.1, 0.15) is 67.7 Å². The fourth-order valence-electron chi connectivity index (χ4n) is 7.37. The van der Waals surface area contributed by atoms with E-state index in [1.54, 1.807) is 6.92 Å². The van der Waals surface area contributed by atoms with Crippen LogP contribution in [0.15, 0.2) is 12.2 Å². The maximum Gasteiger partial charge on any atom is 0.303 e. The molecule has 0 aromatic carbocycles. The molecular formula is C26H38O9. The van der Waals surface area contributed by atoms with Crippen LogP contribution in [0.2, 0.25) is 0 Å². The number of rotatable bonds is 4. The second-order valence-electron chi connectivity index (χ2n) is 11.4. The topological polar surface area (TPSA) is 118 Å². The van der Waals surface area contributed by atoms with Gasteiger partial charge in [-0.3, -0.25) is 14.4 Å². The van der Waals surface area contributed by atoms with Crippen molar-refractivity contribution in [1.29, 1.82) is 0 Å². The maximum absolute atomic E-state index is 12.4. The summed E-state index contributed by atoms with van der Waals surface area (Å²) in [6.45, 7) is 15.7. The molecule has 10 atom stereocenters. The molecule has 3 saturated heterocycles. The molecule has 3 aliphatic heterocycles. The number of hydrogen-bond donors (Lipinski definition) is 1. The van der Waals surface area contributed by atoms with Crippen LogP contribution in [-0.2, 0) is 38.1 Å². The molecule has 4 aliphatic rings. The van der Waals surface area contributed by atoms with E-state index in [1.807, 2.05) is 20.8 Å². The Morgan fingerprint density at radius 3 is 2.23 bits per heavy atom. The number of ether oxygens (including phenoxy) is 5. The number of esters is 3. The fourth-order valence-corrected chi connectivity index (χ4v) is 7.37. The Morgan fingerprint density at radius 1 is 1.06 bits per heavy atom. The molecule has 0 aromatic rings. The third-order valence-corrected chi connectivity index (χ3v) is 8.53. The fraction of sp³-hybridized carbons (Fsp3) is 0.808. The number of fused-ring (bicyclic) bond motifs is 8. The molecule has 1 aliphatic carbocycles. The van der Waals surface area contributed by atoms with Gasteiger partial charge in [0.05, 0.1) is 17.8 Å². The molecule has 4 bridgehead atoms. The molecule has 0 spiro atoms. The summed E-state index contributed by atoms with van der Waals surface area (Å²) in [6, 6.07) is 0. The highest BCUT2D eigenvalue weighted by molar-refractivity contribution is 5.69. The zero-order valence-corrected chi connectivity index (χ0v) is 21.7. The Morgan fingerprint density at radius 2 is 1.69 bits per heavy atom. The number of aliphatic hydroxyl groups is 1. The van der Waals surface area contributed by atoms with Crippen molar-refractivity contribution < 1.29 is 43.2 Å². The third kappa shape index (κ3) is 4.09. The van der Waals surface area contributed by atoms with Gasteiger partial charge in [0.1, 0.15) is 6.10 Å². The van der Waals surface area contributed by atoms with Gasteiger partial charge in [0.25, 0.3) is 0 Å². The van der Waals surface area contributed by atoms with Gasteiger partial charge in [-0.15, -0.1) is 0 Å². The first-order chi connectivity index (χ1) is 16.1. The SMILES string of the molecule is C=C1C[C@@H]2O[C@@H]([C@@H]3[C@@H](C(C)C)[C@H](OC(C)=O)[C@H](OC(C)=O)[C@@](C)(OC(C)=O)[C@@H]32)[C@]2(C)CC[C@@]1(O)O2. The van der Waals surface area contributed by atoms with Crippen molar-refractivity contribution in [3.05, 3.63) is 12.2 Å². The molecule has 0 unspecified atom stereocenters. The quantitative estimate of drug-likeness (QED) is 0.357. The minimum atomic E-state index is -1.46. The van der Waals surface area contributed by atoms with E-state index in [4.69, 9.17) is 23.7 Å². The summed E-state index contributed by atoms with van der Waals surface area (Å²) in [5.74, 6) is -4.12. The normalized spacial score (nSPS) is 46.4. The monoisotopic (exact) mass is 494 g/mol. The van der Waals surface area contributed by atoms with E-state index >= 15 is 0 Å². The molecule has 1 saturated carbocycles. The zero-order chi connectivity index (χ0) is 26.1. The lowest BCUT2D eigenvalue weighted by molar-refractivity contribution is -0.253. The van der Waals surface area contributed by atoms with Gasteiger partial charge >= 0.3 is 17.9 Å². The lowest BCUT2D eigenvalue weighted by Crippen LogP contribution is -2.69. The van der Waals surface area contributed by atoms with Gasteiger partial charge in [-0.05, 0) is 38.2 Å². The standard InChI is InChI=1S/C26H38O9/c1-12(2)18-19-20(17-11-13(3)26(30)10-9-24(7,35-26)22(19)33-17)25(8,34-16(6)29)23(32-15(5)28)21(18)31-14(4)27/h12,17-23,30H,3,9-11H2,1-2,4-8H3/t17-,18+,19+,20+,21-,22-,23-,24-,25-,26+/m0/s1. The first kappa shape index (κ1) is 26.1. The van der Waals surface area contributed by atoms with Gasteiger partial charge in [-0.2, -0.15) is 0 Å². The van der Waals surface area contributed by atoms with E-state index in [-0.39, 0.29) is 24.2 Å². The second kappa shape index (κ2) is 8.56. The number of carbonyl (C=O) groups is 3. The predicted octanol–water partition coefficient (Wildman–Crippen LogP) is 2.67. The molecule has 9 heteroatoms. The average Bonchev–Trinajstić information content (AvgIpc) is 3.24. The van der Waals surface area contributed by atoms with E-state index in [0.29, 0.717) is 18.4 Å². The Balaban J connectivity index is 1.94. The van der Waals surface area contributed by atoms with Crippen molar-refractivity contribution in [1.82, 2.24) is 0 Å². The van der Waals surface area contributed by atoms with Gasteiger partial charge in [0.2, 0.25) is 0 Å². The molecule has 9 nitrogen and oxygen atoms in total. The van der Waals surface area contributed by atoms with Crippen LogP contribution < -0.4 is 0 Å². The van der Waals surface area contributed by atoms with E-state index in [9.17, 15) is 19.5 Å². The van der Waals surface area contributed by atoms with E-state index in [1.165, 1.54) is 20.8 Å². The van der Waals surface area contributed by atoms with Crippen molar-refractivity contribution in [2.24, 2.45) is 23.7 Å². The second-order valence-corrected chi connectivity index (χ2v) is 11.4. The van der Waals surface area contributed by atoms with Crippen molar-refractivity contribution in [2.45, 2.75) is 109 Å². The van der Waals surface area contributed by atoms with Gasteiger partial charge in [-0.1, -0.05) is 20.4 Å². The Hall–Kier alpha value is -1.97. The summed E-state index contributed by atoms with van der Waals surface area (Å²) >= 11 is 0. The summed E-state index contributed by atoms with van der Waals surface area (Å²) in [5.41, 5.74) is -1.70. The first-order valence-electron chi connectivity index (χ1n) is 12.4. The summed E-state index contributed by atoms with van der Waals surface area (Å²) < 4.78 is 30.6. The third-order valence-electron chi connectivity index (χ3n) is 8.53. The number of carbonyl (C=O) groups excluding carboxylic acids is 3. The highest BCUT2D eigenvalue weighted by atomic mass is 16.7. The zero-order valence-electron chi connectivity index (χ0n) is 21.7. The Labute approximate surface area is 206 Å². The minimum absolute atomic E-state index is 0.00974. The van der Waals surface area contributed by atoms with E-state index < -0.39 is 65.2 Å². The van der Waals surface area contributed by atoms with Crippen LogP contribution in [0.25, 0.3) is 0 Å². The van der Waals surface area contributed by atoms with Crippen molar-refractivity contribution in [3.8, 4) is 0 Å². The molecule has 35 heavy (non-hydrogen) atoms. The largest absolute Gasteiger partial charge is 0.458 e. The van der Waals surface area contributed by atoms with Crippen molar-refractivity contribution in [3.63, 3.8) is 0 Å². The lowest BCUT2D eigenvalue weighted by Gasteiger charge is -2.55. The maximum atomic E-state index is 12.4. The smallest absolute Gasteiger partial charge is 0.303 e. The molecule has 1 N–H and O–H groups in total. The van der Waals surface area contributed by atoms with Crippen LogP contribution in [0.3, 0.4) is 0 Å². The first-order valence-corrected chi connectivity index (χ1v) is 12.4. The van der Waals surface area contributed by atoms with Crippen LogP contribution >= 0.6 is 0 Å². The van der Waals surface area contributed by atoms with Gasteiger partial charge in [0.15, 0.2) is 17.5 Å². The Kier molecular flexibility index (Phi) is 6.38. The molecule has 3 heterocycles. The molecule has 4 fully saturated rings. The van der Waals surface area contributed by atoms with Crippen LogP contribution in [0.4, 0.5) is 0 Å². The molecular weight excluding hydrogens is 456 g/mol. The van der Waals surface area contributed by atoms with Crippen LogP contribution in [-0.4, -0.2) is 64.4 Å².